The molecule has 1 saturated heterocycles. The Morgan fingerprint density at radius 1 is 1.33 bits per heavy atom. The Bertz CT molecular complexity index is 483. The average molecular weight is 261 g/mol. The average Bonchev–Trinajstić information content (AvgIpc) is 2.84. The second-order valence-corrected chi connectivity index (χ2v) is 6.16. The zero-order valence-electron chi connectivity index (χ0n) is 10.4. The topological polar surface area (TPSA) is 54.7 Å². The number of thioether (sulfide) groups is 1. The van der Waals surface area contributed by atoms with Crippen LogP contribution in [0, 0.1) is 5.92 Å². The van der Waals surface area contributed by atoms with E-state index in [0.29, 0.717) is 18.4 Å². The van der Waals surface area contributed by atoms with Crippen molar-refractivity contribution in [3.63, 3.8) is 0 Å². The first-order chi connectivity index (χ1) is 8.88. The van der Waals surface area contributed by atoms with Crippen LogP contribution in [0.4, 0.5) is 0 Å². The van der Waals surface area contributed by atoms with Gasteiger partial charge < -0.3 is 10.7 Å². The van der Waals surface area contributed by atoms with Crippen LogP contribution in [-0.4, -0.2) is 28.0 Å². The minimum atomic E-state index is 0.387. The van der Waals surface area contributed by atoms with E-state index in [9.17, 15) is 0 Å². The van der Waals surface area contributed by atoms with Crippen LogP contribution in [0.15, 0.2) is 24.3 Å². The number of nitrogens with one attached hydrogen (secondary N) is 1. The molecule has 0 amide bonds. The fourth-order valence-electron chi connectivity index (χ4n) is 2.79. The predicted molar refractivity (Wildman–Crippen MR) is 77.9 cm³/mol. The van der Waals surface area contributed by atoms with E-state index in [0.717, 1.165) is 16.9 Å². The van der Waals surface area contributed by atoms with Crippen molar-refractivity contribution in [2.45, 2.75) is 18.8 Å². The highest BCUT2D eigenvalue weighted by Crippen LogP contribution is 2.34. The third-order valence-electron chi connectivity index (χ3n) is 3.85. The number of para-hydroxylation sites is 2. The number of hydrogen-bond donors (Lipinski definition) is 2. The van der Waals surface area contributed by atoms with Gasteiger partial charge in [-0.2, -0.15) is 11.8 Å². The highest BCUT2D eigenvalue weighted by atomic mass is 32.2. The SMILES string of the molecule is NCC(c1nc2ccccc2[nH]1)C1CCSCC1. The van der Waals surface area contributed by atoms with Crippen LogP contribution >= 0.6 is 11.8 Å². The van der Waals surface area contributed by atoms with Crippen molar-refractivity contribution in [1.29, 1.82) is 0 Å². The predicted octanol–water partition coefficient (Wildman–Crippen LogP) is 2.75. The van der Waals surface area contributed by atoms with Gasteiger partial charge in [-0.1, -0.05) is 12.1 Å². The van der Waals surface area contributed by atoms with Gasteiger partial charge in [0.25, 0.3) is 0 Å². The van der Waals surface area contributed by atoms with Crippen molar-refractivity contribution in [3.05, 3.63) is 30.1 Å². The molecule has 0 saturated carbocycles. The van der Waals surface area contributed by atoms with Gasteiger partial charge in [-0.15, -0.1) is 0 Å². The van der Waals surface area contributed by atoms with Gasteiger partial charge in [-0.3, -0.25) is 0 Å². The monoisotopic (exact) mass is 261 g/mol. The van der Waals surface area contributed by atoms with Crippen LogP contribution < -0.4 is 5.73 Å². The fourth-order valence-corrected chi connectivity index (χ4v) is 3.94. The van der Waals surface area contributed by atoms with Crippen LogP contribution in [0.5, 0.6) is 0 Å². The molecule has 0 bridgehead atoms. The van der Waals surface area contributed by atoms with Crippen molar-refractivity contribution in [2.75, 3.05) is 18.1 Å². The van der Waals surface area contributed by atoms with Crippen molar-refractivity contribution >= 4 is 22.8 Å². The van der Waals surface area contributed by atoms with Crippen molar-refractivity contribution in [2.24, 2.45) is 11.7 Å². The maximum absolute atomic E-state index is 5.99. The molecule has 3 rings (SSSR count). The van der Waals surface area contributed by atoms with E-state index in [1.165, 1.54) is 24.3 Å². The second kappa shape index (κ2) is 5.33. The molecule has 1 aromatic heterocycles. The summed E-state index contributed by atoms with van der Waals surface area (Å²) in [5, 5.41) is 0. The van der Waals surface area contributed by atoms with Crippen LogP contribution in [0.3, 0.4) is 0 Å². The van der Waals surface area contributed by atoms with Crippen molar-refractivity contribution in [3.8, 4) is 0 Å². The van der Waals surface area contributed by atoms with E-state index >= 15 is 0 Å². The molecule has 2 heterocycles. The van der Waals surface area contributed by atoms with Crippen LogP contribution in [0.1, 0.15) is 24.6 Å². The normalized spacial score (nSPS) is 19.2. The van der Waals surface area contributed by atoms with Crippen molar-refractivity contribution < 1.29 is 0 Å². The van der Waals surface area contributed by atoms with E-state index in [-0.39, 0.29) is 0 Å². The van der Waals surface area contributed by atoms with Gasteiger partial charge in [-0.25, -0.2) is 4.98 Å². The summed E-state index contributed by atoms with van der Waals surface area (Å²) in [6.45, 7) is 0.690. The first-order valence-electron chi connectivity index (χ1n) is 6.61. The molecule has 1 aliphatic heterocycles. The Morgan fingerprint density at radius 2 is 2.11 bits per heavy atom. The van der Waals surface area contributed by atoms with Gasteiger partial charge in [-0.05, 0) is 42.4 Å². The highest BCUT2D eigenvalue weighted by Gasteiger charge is 2.26. The lowest BCUT2D eigenvalue weighted by molar-refractivity contribution is 0.390. The number of aromatic amines is 1. The molecule has 3 nitrogen and oxygen atoms in total. The van der Waals surface area contributed by atoms with E-state index < -0.39 is 0 Å². The molecule has 2 aromatic rings. The molecule has 4 heteroatoms. The first-order valence-corrected chi connectivity index (χ1v) is 7.76. The van der Waals surface area contributed by atoms with Crippen molar-refractivity contribution in [1.82, 2.24) is 9.97 Å². The summed E-state index contributed by atoms with van der Waals surface area (Å²) in [6.07, 6.45) is 2.53. The van der Waals surface area contributed by atoms with Gasteiger partial charge >= 0.3 is 0 Å². The number of nitrogens with two attached hydrogens (primary N) is 1. The number of imidazole rings is 1. The third-order valence-corrected chi connectivity index (χ3v) is 4.90. The lowest BCUT2D eigenvalue weighted by Crippen LogP contribution is -2.25. The Balaban J connectivity index is 1.90. The number of hydrogen-bond acceptors (Lipinski definition) is 3. The van der Waals surface area contributed by atoms with Gasteiger partial charge in [0.1, 0.15) is 5.82 Å². The molecule has 0 radical (unpaired) electrons. The van der Waals surface area contributed by atoms with Gasteiger partial charge in [0.15, 0.2) is 0 Å². The quantitative estimate of drug-likeness (QED) is 0.893. The van der Waals surface area contributed by atoms with Gasteiger partial charge in [0.05, 0.1) is 11.0 Å². The number of fused-ring (bicyclic) bond motifs is 1. The van der Waals surface area contributed by atoms with Crippen LogP contribution in [0.2, 0.25) is 0 Å². The Labute approximate surface area is 112 Å². The summed E-state index contributed by atoms with van der Waals surface area (Å²) in [6, 6.07) is 8.20. The summed E-state index contributed by atoms with van der Waals surface area (Å²) in [5.41, 5.74) is 8.16. The summed E-state index contributed by atoms with van der Waals surface area (Å²) in [5.74, 6) is 4.69. The zero-order valence-corrected chi connectivity index (χ0v) is 11.2. The third kappa shape index (κ3) is 2.27. The Kier molecular flexibility index (Phi) is 3.57. The lowest BCUT2D eigenvalue weighted by atomic mass is 9.87. The highest BCUT2D eigenvalue weighted by molar-refractivity contribution is 7.99. The van der Waals surface area contributed by atoms with E-state index in [2.05, 4.69) is 28.9 Å². The number of aromatic nitrogens is 2. The maximum atomic E-state index is 5.99. The summed E-state index contributed by atoms with van der Waals surface area (Å²) in [7, 11) is 0. The second-order valence-electron chi connectivity index (χ2n) is 4.93. The molecule has 18 heavy (non-hydrogen) atoms. The minimum absolute atomic E-state index is 0.387. The molecule has 0 aliphatic carbocycles. The molecule has 1 aliphatic rings. The maximum Gasteiger partial charge on any atom is 0.111 e. The molecular weight excluding hydrogens is 242 g/mol. The molecule has 1 aromatic carbocycles. The molecule has 96 valence electrons. The van der Waals surface area contributed by atoms with E-state index in [4.69, 9.17) is 10.7 Å². The number of benzene rings is 1. The zero-order chi connectivity index (χ0) is 12.4. The number of H-pyrrole nitrogens is 1. The van der Waals surface area contributed by atoms with E-state index in [1.807, 2.05) is 12.1 Å². The van der Waals surface area contributed by atoms with Crippen LogP contribution in [0.25, 0.3) is 11.0 Å². The molecule has 0 spiro atoms. The van der Waals surface area contributed by atoms with Crippen LogP contribution in [-0.2, 0) is 0 Å². The van der Waals surface area contributed by atoms with Gasteiger partial charge in [0, 0.05) is 12.5 Å². The molecule has 1 atom stereocenters. The number of rotatable bonds is 3. The molecule has 1 unspecified atom stereocenters. The fraction of sp³-hybridized carbons (Fsp3) is 0.500. The largest absolute Gasteiger partial charge is 0.342 e. The van der Waals surface area contributed by atoms with E-state index in [1.54, 1.807) is 0 Å². The summed E-state index contributed by atoms with van der Waals surface area (Å²) < 4.78 is 0. The lowest BCUT2D eigenvalue weighted by Gasteiger charge is -2.27. The smallest absolute Gasteiger partial charge is 0.111 e. The van der Waals surface area contributed by atoms with Gasteiger partial charge in [0.2, 0.25) is 0 Å². The molecular formula is C14H19N3S. The molecule has 3 N–H and O–H groups in total. The standard InChI is InChI=1S/C14H19N3S/c15-9-11(10-5-7-18-8-6-10)14-16-12-3-1-2-4-13(12)17-14/h1-4,10-11H,5-9,15H2,(H,16,17). The minimum Gasteiger partial charge on any atom is -0.342 e. The molecule has 1 fully saturated rings. The first kappa shape index (κ1) is 12.1. The summed E-state index contributed by atoms with van der Waals surface area (Å²) in [4.78, 5) is 8.16. The Hall–Kier alpha value is -1.000. The number of nitrogens with zero attached hydrogens (tertiary/aromatic N) is 1. The summed E-state index contributed by atoms with van der Waals surface area (Å²) >= 11 is 2.06. The Morgan fingerprint density at radius 3 is 2.83 bits per heavy atom.